The molecule has 0 radical (unpaired) electrons. The second-order valence-corrected chi connectivity index (χ2v) is 3.42. The molecule has 0 N–H and O–H groups in total. The molecular formula is C11H14N2. The number of hydrogen-bond donors (Lipinski definition) is 0. The first-order chi connectivity index (χ1) is 6.22. The van der Waals surface area contributed by atoms with Gasteiger partial charge in [0.2, 0.25) is 0 Å². The predicted molar refractivity (Wildman–Crippen MR) is 54.9 cm³/mol. The lowest BCUT2D eigenvalue weighted by Gasteiger charge is -1.96. The number of aromatic nitrogens is 2. The summed E-state index contributed by atoms with van der Waals surface area (Å²) < 4.78 is 2.05. The number of rotatable bonds is 1. The van der Waals surface area contributed by atoms with E-state index in [1.54, 1.807) is 0 Å². The van der Waals surface area contributed by atoms with Crippen molar-refractivity contribution >= 4 is 10.9 Å². The van der Waals surface area contributed by atoms with Crippen molar-refractivity contribution in [3.8, 4) is 0 Å². The summed E-state index contributed by atoms with van der Waals surface area (Å²) in [7, 11) is 0. The third kappa shape index (κ3) is 1.22. The Balaban J connectivity index is 2.76. The summed E-state index contributed by atoms with van der Waals surface area (Å²) in [4.78, 5) is 0. The number of nitrogens with zero attached hydrogens (tertiary/aromatic N) is 2. The smallest absolute Gasteiger partial charge is 0.0928 e. The molecule has 0 fully saturated rings. The second-order valence-electron chi connectivity index (χ2n) is 3.42. The van der Waals surface area contributed by atoms with E-state index in [1.807, 2.05) is 4.68 Å². The van der Waals surface area contributed by atoms with Crippen LogP contribution in [-0.4, -0.2) is 9.78 Å². The van der Waals surface area contributed by atoms with Crippen LogP contribution in [0.15, 0.2) is 18.2 Å². The topological polar surface area (TPSA) is 17.8 Å². The minimum absolute atomic E-state index is 0.944. The Kier molecular flexibility index (Phi) is 1.83. The van der Waals surface area contributed by atoms with Crippen molar-refractivity contribution in [3.63, 3.8) is 0 Å². The molecule has 2 nitrogen and oxygen atoms in total. The Hall–Kier alpha value is -1.31. The van der Waals surface area contributed by atoms with Gasteiger partial charge in [-0.1, -0.05) is 12.1 Å². The normalized spacial score (nSPS) is 11.0. The monoisotopic (exact) mass is 174 g/mol. The molecule has 0 bridgehead atoms. The third-order valence-electron chi connectivity index (χ3n) is 2.46. The molecule has 1 aromatic heterocycles. The van der Waals surface area contributed by atoms with Crippen LogP contribution in [-0.2, 0) is 6.54 Å². The minimum Gasteiger partial charge on any atom is -0.269 e. The molecule has 2 heteroatoms. The summed E-state index contributed by atoms with van der Waals surface area (Å²) in [6.45, 7) is 7.28. The predicted octanol–water partition coefficient (Wildman–Crippen LogP) is 2.67. The highest BCUT2D eigenvalue weighted by Crippen LogP contribution is 2.18. The van der Waals surface area contributed by atoms with E-state index in [4.69, 9.17) is 0 Å². The molecule has 0 unspecified atom stereocenters. The van der Waals surface area contributed by atoms with Gasteiger partial charge >= 0.3 is 0 Å². The quantitative estimate of drug-likeness (QED) is 0.650. The van der Waals surface area contributed by atoms with Crippen LogP contribution >= 0.6 is 0 Å². The third-order valence-corrected chi connectivity index (χ3v) is 2.46. The fourth-order valence-corrected chi connectivity index (χ4v) is 1.68. The second kappa shape index (κ2) is 2.87. The van der Waals surface area contributed by atoms with Crippen molar-refractivity contribution in [1.82, 2.24) is 9.78 Å². The molecule has 0 atom stereocenters. The molecule has 13 heavy (non-hydrogen) atoms. The van der Waals surface area contributed by atoms with E-state index in [2.05, 4.69) is 44.1 Å². The molecule has 0 saturated heterocycles. The lowest BCUT2D eigenvalue weighted by atomic mass is 10.1. The zero-order valence-corrected chi connectivity index (χ0v) is 8.33. The maximum absolute atomic E-state index is 4.51. The highest BCUT2D eigenvalue weighted by atomic mass is 15.3. The average molecular weight is 174 g/mol. The first kappa shape index (κ1) is 8.30. The zero-order valence-electron chi connectivity index (χ0n) is 8.33. The SMILES string of the molecule is CCn1nc2cc(C)ccc2c1C. The first-order valence-corrected chi connectivity index (χ1v) is 4.66. The lowest BCUT2D eigenvalue weighted by molar-refractivity contribution is 0.647. The molecule has 0 spiro atoms. The van der Waals surface area contributed by atoms with Crippen LogP contribution in [0, 0.1) is 13.8 Å². The van der Waals surface area contributed by atoms with Crippen LogP contribution in [0.5, 0.6) is 0 Å². The van der Waals surface area contributed by atoms with E-state index in [1.165, 1.54) is 16.6 Å². The van der Waals surface area contributed by atoms with Crippen molar-refractivity contribution in [2.24, 2.45) is 0 Å². The molecule has 0 saturated carbocycles. The van der Waals surface area contributed by atoms with Crippen LogP contribution in [0.25, 0.3) is 10.9 Å². The zero-order chi connectivity index (χ0) is 9.42. The number of fused-ring (bicyclic) bond motifs is 1. The maximum Gasteiger partial charge on any atom is 0.0928 e. The minimum atomic E-state index is 0.944. The average Bonchev–Trinajstić information content (AvgIpc) is 2.42. The Labute approximate surface area is 78.2 Å². The molecule has 1 aromatic carbocycles. The van der Waals surface area contributed by atoms with Gasteiger partial charge in [0, 0.05) is 17.6 Å². The van der Waals surface area contributed by atoms with Gasteiger partial charge in [-0.3, -0.25) is 4.68 Å². The van der Waals surface area contributed by atoms with Crippen LogP contribution in [0.3, 0.4) is 0 Å². The molecular weight excluding hydrogens is 160 g/mol. The summed E-state index contributed by atoms with van der Waals surface area (Å²) >= 11 is 0. The Morgan fingerprint density at radius 2 is 2.08 bits per heavy atom. The van der Waals surface area contributed by atoms with E-state index in [9.17, 15) is 0 Å². The number of benzene rings is 1. The van der Waals surface area contributed by atoms with Crippen molar-refractivity contribution in [3.05, 3.63) is 29.5 Å². The molecule has 2 aromatic rings. The van der Waals surface area contributed by atoms with Gasteiger partial charge in [0.15, 0.2) is 0 Å². The standard InChI is InChI=1S/C11H14N2/c1-4-13-9(3)10-6-5-8(2)7-11(10)12-13/h5-7H,4H2,1-3H3. The van der Waals surface area contributed by atoms with Crippen LogP contribution < -0.4 is 0 Å². The Morgan fingerprint density at radius 1 is 1.31 bits per heavy atom. The Bertz CT molecular complexity index is 441. The summed E-state index contributed by atoms with van der Waals surface area (Å²) in [5, 5.41) is 5.78. The molecule has 0 aliphatic rings. The lowest BCUT2D eigenvalue weighted by Crippen LogP contribution is -1.97. The van der Waals surface area contributed by atoms with Crippen molar-refractivity contribution in [1.29, 1.82) is 0 Å². The number of aryl methyl sites for hydroxylation is 3. The van der Waals surface area contributed by atoms with E-state index < -0.39 is 0 Å². The van der Waals surface area contributed by atoms with Crippen molar-refractivity contribution in [2.45, 2.75) is 27.3 Å². The molecule has 68 valence electrons. The summed E-state index contributed by atoms with van der Waals surface area (Å²) in [6, 6.07) is 6.42. The van der Waals surface area contributed by atoms with E-state index in [0.29, 0.717) is 0 Å². The van der Waals surface area contributed by atoms with Gasteiger partial charge in [0.25, 0.3) is 0 Å². The molecule has 2 rings (SSSR count). The van der Waals surface area contributed by atoms with E-state index in [0.717, 1.165) is 12.1 Å². The van der Waals surface area contributed by atoms with Crippen LogP contribution in [0.4, 0.5) is 0 Å². The van der Waals surface area contributed by atoms with Gasteiger partial charge in [-0.25, -0.2) is 0 Å². The van der Waals surface area contributed by atoms with Gasteiger partial charge in [0.1, 0.15) is 0 Å². The summed E-state index contributed by atoms with van der Waals surface area (Å²) in [5.41, 5.74) is 3.64. The van der Waals surface area contributed by atoms with Gasteiger partial charge < -0.3 is 0 Å². The Morgan fingerprint density at radius 3 is 2.77 bits per heavy atom. The fourth-order valence-electron chi connectivity index (χ4n) is 1.68. The highest BCUT2D eigenvalue weighted by Gasteiger charge is 2.04. The fraction of sp³-hybridized carbons (Fsp3) is 0.364. The van der Waals surface area contributed by atoms with Gasteiger partial charge in [-0.05, 0) is 32.4 Å². The molecule has 0 aliphatic heterocycles. The maximum atomic E-state index is 4.51. The van der Waals surface area contributed by atoms with Gasteiger partial charge in [-0.2, -0.15) is 5.10 Å². The summed E-state index contributed by atoms with van der Waals surface area (Å²) in [6.07, 6.45) is 0. The largest absolute Gasteiger partial charge is 0.269 e. The van der Waals surface area contributed by atoms with E-state index in [-0.39, 0.29) is 0 Å². The highest BCUT2D eigenvalue weighted by molar-refractivity contribution is 5.81. The van der Waals surface area contributed by atoms with Crippen LogP contribution in [0.2, 0.25) is 0 Å². The van der Waals surface area contributed by atoms with E-state index >= 15 is 0 Å². The molecule has 0 aliphatic carbocycles. The first-order valence-electron chi connectivity index (χ1n) is 4.66. The number of hydrogen-bond acceptors (Lipinski definition) is 1. The van der Waals surface area contributed by atoms with Crippen molar-refractivity contribution in [2.75, 3.05) is 0 Å². The molecule has 0 amide bonds. The molecule has 1 heterocycles. The van der Waals surface area contributed by atoms with Crippen LogP contribution in [0.1, 0.15) is 18.2 Å². The van der Waals surface area contributed by atoms with Gasteiger partial charge in [-0.15, -0.1) is 0 Å². The summed E-state index contributed by atoms with van der Waals surface area (Å²) in [5.74, 6) is 0. The van der Waals surface area contributed by atoms with Crippen molar-refractivity contribution < 1.29 is 0 Å². The van der Waals surface area contributed by atoms with Gasteiger partial charge in [0.05, 0.1) is 5.52 Å².